The summed E-state index contributed by atoms with van der Waals surface area (Å²) >= 11 is 0. The molecule has 160 valence electrons. The highest BCUT2D eigenvalue weighted by atomic mass is 16.5. The minimum Gasteiger partial charge on any atom is -0.496 e. The molecule has 0 aliphatic carbocycles. The number of amides is 1. The van der Waals surface area contributed by atoms with Gasteiger partial charge in [0.25, 0.3) is 5.91 Å². The van der Waals surface area contributed by atoms with Gasteiger partial charge in [-0.25, -0.2) is 0 Å². The first-order valence-corrected chi connectivity index (χ1v) is 10.3. The van der Waals surface area contributed by atoms with E-state index in [9.17, 15) is 4.79 Å². The molecule has 3 aromatic rings. The molecular formula is C24H26N4O3. The molecule has 0 N–H and O–H groups in total. The Labute approximate surface area is 182 Å². The van der Waals surface area contributed by atoms with E-state index in [1.54, 1.807) is 26.4 Å². The lowest BCUT2D eigenvalue weighted by atomic mass is 10.1. The van der Waals surface area contributed by atoms with Crippen LogP contribution in [0.5, 0.6) is 11.5 Å². The van der Waals surface area contributed by atoms with Crippen molar-refractivity contribution in [1.29, 1.82) is 0 Å². The fourth-order valence-electron chi connectivity index (χ4n) is 3.86. The Morgan fingerprint density at radius 3 is 2.10 bits per heavy atom. The van der Waals surface area contributed by atoms with Crippen molar-refractivity contribution in [1.82, 2.24) is 15.1 Å². The molecule has 2 aromatic carbocycles. The fraction of sp³-hybridized carbons (Fsp3) is 0.292. The van der Waals surface area contributed by atoms with Gasteiger partial charge in [0.2, 0.25) is 0 Å². The van der Waals surface area contributed by atoms with Crippen LogP contribution in [0.25, 0.3) is 11.3 Å². The first-order valence-electron chi connectivity index (χ1n) is 10.3. The molecule has 1 fully saturated rings. The number of benzene rings is 2. The van der Waals surface area contributed by atoms with Gasteiger partial charge < -0.3 is 19.3 Å². The SMILES string of the molecule is COc1cccc(OC)c1C(=O)N1CCN(c2ccc(-c3ccccc3C)nn2)CC1. The van der Waals surface area contributed by atoms with Gasteiger partial charge in [-0.3, -0.25) is 4.79 Å². The summed E-state index contributed by atoms with van der Waals surface area (Å²) in [5.74, 6) is 1.77. The van der Waals surface area contributed by atoms with Gasteiger partial charge in [0.1, 0.15) is 17.1 Å². The molecule has 1 aromatic heterocycles. The molecule has 0 saturated carbocycles. The zero-order chi connectivity index (χ0) is 21.8. The second-order valence-electron chi connectivity index (χ2n) is 7.41. The minimum absolute atomic E-state index is 0.0880. The molecule has 0 atom stereocenters. The highest BCUT2D eigenvalue weighted by molar-refractivity contribution is 5.99. The monoisotopic (exact) mass is 418 g/mol. The molecule has 1 aliphatic rings. The molecule has 7 nitrogen and oxygen atoms in total. The van der Waals surface area contributed by atoms with Crippen LogP contribution in [-0.2, 0) is 0 Å². The van der Waals surface area contributed by atoms with Crippen molar-refractivity contribution in [2.24, 2.45) is 0 Å². The number of nitrogens with zero attached hydrogens (tertiary/aromatic N) is 4. The summed E-state index contributed by atoms with van der Waals surface area (Å²) in [6.45, 7) is 4.60. The topological polar surface area (TPSA) is 67.8 Å². The Balaban J connectivity index is 1.45. The Bertz CT molecular complexity index is 1040. The number of rotatable bonds is 5. The van der Waals surface area contributed by atoms with Crippen LogP contribution in [0.15, 0.2) is 54.6 Å². The molecule has 7 heteroatoms. The van der Waals surface area contributed by atoms with Crippen molar-refractivity contribution in [3.8, 4) is 22.8 Å². The number of aromatic nitrogens is 2. The Kier molecular flexibility index (Phi) is 6.02. The van der Waals surface area contributed by atoms with Crippen LogP contribution in [0.2, 0.25) is 0 Å². The number of methoxy groups -OCH3 is 2. The molecule has 0 spiro atoms. The van der Waals surface area contributed by atoms with Crippen LogP contribution in [-0.4, -0.2) is 61.4 Å². The predicted molar refractivity (Wildman–Crippen MR) is 120 cm³/mol. The molecule has 31 heavy (non-hydrogen) atoms. The maximum atomic E-state index is 13.2. The standard InChI is InChI=1S/C24H26N4O3/c1-17-7-4-5-8-18(17)19-11-12-22(26-25-19)27-13-15-28(16-14-27)24(29)23-20(30-2)9-6-10-21(23)31-3/h4-12H,13-16H2,1-3H3. The number of hydrogen-bond acceptors (Lipinski definition) is 6. The van der Waals surface area contributed by atoms with Gasteiger partial charge in [-0.1, -0.05) is 30.3 Å². The summed E-state index contributed by atoms with van der Waals surface area (Å²) < 4.78 is 10.8. The van der Waals surface area contributed by atoms with Crippen LogP contribution < -0.4 is 14.4 Å². The first kappa shape index (κ1) is 20.7. The summed E-state index contributed by atoms with van der Waals surface area (Å²) in [5, 5.41) is 8.86. The molecule has 0 radical (unpaired) electrons. The van der Waals surface area contributed by atoms with Crippen LogP contribution >= 0.6 is 0 Å². The Morgan fingerprint density at radius 2 is 1.52 bits per heavy atom. The van der Waals surface area contributed by atoms with E-state index in [0.717, 1.165) is 17.1 Å². The number of carbonyl (C=O) groups is 1. The number of ether oxygens (including phenoxy) is 2. The normalized spacial score (nSPS) is 13.8. The van der Waals surface area contributed by atoms with E-state index in [1.807, 2.05) is 35.2 Å². The summed E-state index contributed by atoms with van der Waals surface area (Å²) in [7, 11) is 3.12. The molecule has 1 amide bonds. The average molecular weight is 418 g/mol. The quantitative estimate of drug-likeness (QED) is 0.632. The number of piperazine rings is 1. The van der Waals surface area contributed by atoms with Crippen molar-refractivity contribution in [3.05, 3.63) is 65.7 Å². The third kappa shape index (κ3) is 4.17. The predicted octanol–water partition coefficient (Wildman–Crippen LogP) is 3.43. The van der Waals surface area contributed by atoms with Crippen LogP contribution in [0.4, 0.5) is 5.82 Å². The average Bonchev–Trinajstić information content (AvgIpc) is 2.83. The smallest absolute Gasteiger partial charge is 0.261 e. The number of hydrogen-bond donors (Lipinski definition) is 0. The fourth-order valence-corrected chi connectivity index (χ4v) is 3.86. The van der Waals surface area contributed by atoms with E-state index in [1.165, 1.54) is 5.56 Å². The lowest BCUT2D eigenvalue weighted by Crippen LogP contribution is -2.49. The molecule has 2 heterocycles. The summed E-state index contributed by atoms with van der Waals surface area (Å²) in [5.41, 5.74) is 3.58. The minimum atomic E-state index is -0.0880. The second-order valence-corrected chi connectivity index (χ2v) is 7.41. The van der Waals surface area contributed by atoms with E-state index in [4.69, 9.17) is 9.47 Å². The van der Waals surface area contributed by atoms with E-state index in [-0.39, 0.29) is 5.91 Å². The lowest BCUT2D eigenvalue weighted by Gasteiger charge is -2.35. The second kappa shape index (κ2) is 9.04. The lowest BCUT2D eigenvalue weighted by molar-refractivity contribution is 0.0739. The van der Waals surface area contributed by atoms with Crippen molar-refractivity contribution in [2.45, 2.75) is 6.92 Å². The molecule has 4 rings (SSSR count). The molecule has 0 bridgehead atoms. The van der Waals surface area contributed by atoms with Crippen LogP contribution in [0.1, 0.15) is 15.9 Å². The molecule has 0 unspecified atom stereocenters. The third-order valence-electron chi connectivity index (χ3n) is 5.60. The number of aryl methyl sites for hydroxylation is 1. The van der Waals surface area contributed by atoms with Gasteiger partial charge in [0.05, 0.1) is 19.9 Å². The first-order chi connectivity index (χ1) is 15.1. The van der Waals surface area contributed by atoms with Crippen molar-refractivity contribution in [3.63, 3.8) is 0 Å². The van der Waals surface area contributed by atoms with E-state index in [2.05, 4.69) is 34.2 Å². The highest BCUT2D eigenvalue weighted by Gasteiger charge is 2.27. The maximum absolute atomic E-state index is 13.2. The Hall–Kier alpha value is -3.61. The van der Waals surface area contributed by atoms with Gasteiger partial charge in [-0.15, -0.1) is 10.2 Å². The summed E-state index contributed by atoms with van der Waals surface area (Å²) in [6.07, 6.45) is 0. The van der Waals surface area contributed by atoms with Gasteiger partial charge in [0.15, 0.2) is 5.82 Å². The van der Waals surface area contributed by atoms with E-state index >= 15 is 0 Å². The van der Waals surface area contributed by atoms with Crippen molar-refractivity contribution < 1.29 is 14.3 Å². The summed E-state index contributed by atoms with van der Waals surface area (Å²) in [6, 6.07) is 17.5. The van der Waals surface area contributed by atoms with Gasteiger partial charge in [-0.2, -0.15) is 0 Å². The third-order valence-corrected chi connectivity index (χ3v) is 5.60. The molecule has 1 aliphatic heterocycles. The van der Waals surface area contributed by atoms with E-state index < -0.39 is 0 Å². The zero-order valence-electron chi connectivity index (χ0n) is 18.0. The van der Waals surface area contributed by atoms with Gasteiger partial charge in [-0.05, 0) is 36.8 Å². The van der Waals surface area contributed by atoms with Crippen LogP contribution in [0, 0.1) is 6.92 Å². The zero-order valence-corrected chi connectivity index (χ0v) is 18.0. The van der Waals surface area contributed by atoms with Crippen molar-refractivity contribution >= 4 is 11.7 Å². The van der Waals surface area contributed by atoms with Crippen molar-refractivity contribution in [2.75, 3.05) is 45.3 Å². The van der Waals surface area contributed by atoms with Crippen LogP contribution in [0.3, 0.4) is 0 Å². The number of carbonyl (C=O) groups excluding carboxylic acids is 1. The maximum Gasteiger partial charge on any atom is 0.261 e. The number of anilines is 1. The largest absolute Gasteiger partial charge is 0.496 e. The Morgan fingerprint density at radius 1 is 0.839 bits per heavy atom. The highest BCUT2D eigenvalue weighted by Crippen LogP contribution is 2.30. The van der Waals surface area contributed by atoms with Gasteiger partial charge in [0, 0.05) is 31.7 Å². The molecule has 1 saturated heterocycles. The van der Waals surface area contributed by atoms with E-state index in [0.29, 0.717) is 43.2 Å². The molecular weight excluding hydrogens is 392 g/mol. The van der Waals surface area contributed by atoms with Gasteiger partial charge >= 0.3 is 0 Å². The summed E-state index contributed by atoms with van der Waals surface area (Å²) in [4.78, 5) is 17.1.